The second kappa shape index (κ2) is 6.61. The van der Waals surface area contributed by atoms with Crippen LogP contribution in [-0.4, -0.2) is 42.2 Å². The fraction of sp³-hybridized carbons (Fsp3) is 0.533. The van der Waals surface area contributed by atoms with Crippen LogP contribution in [0.4, 0.5) is 0 Å². The van der Waals surface area contributed by atoms with Crippen molar-refractivity contribution in [1.29, 1.82) is 0 Å². The van der Waals surface area contributed by atoms with Gasteiger partial charge in [-0.2, -0.15) is 0 Å². The number of rotatable bonds is 5. The largest absolute Gasteiger partial charge is 0.507 e. The number of carbonyl (C=O) groups is 1. The molecule has 1 amide bonds. The van der Waals surface area contributed by atoms with Crippen LogP contribution in [0.15, 0.2) is 18.2 Å². The molecule has 3 N–H and O–H groups in total. The van der Waals surface area contributed by atoms with Crippen LogP contribution in [0.2, 0.25) is 0 Å². The Morgan fingerprint density at radius 1 is 1.55 bits per heavy atom. The van der Waals surface area contributed by atoms with Gasteiger partial charge in [0.25, 0.3) is 5.91 Å². The monoisotopic (exact) mass is 278 g/mol. The Labute approximate surface area is 119 Å². The number of phenolic OH excluding ortho intramolecular Hbond substituents is 1. The number of carbonyl (C=O) groups excluding carboxylic acids is 1. The van der Waals surface area contributed by atoms with E-state index in [4.69, 9.17) is 10.5 Å². The zero-order valence-corrected chi connectivity index (χ0v) is 11.8. The summed E-state index contributed by atoms with van der Waals surface area (Å²) in [6, 6.07) is 4.96. The molecule has 1 unspecified atom stereocenters. The molecule has 1 atom stereocenters. The normalized spacial score (nSPS) is 18.3. The molecule has 0 aromatic heterocycles. The summed E-state index contributed by atoms with van der Waals surface area (Å²) in [5.41, 5.74) is 5.85. The molecule has 0 saturated carbocycles. The highest BCUT2D eigenvalue weighted by Crippen LogP contribution is 2.28. The van der Waals surface area contributed by atoms with Gasteiger partial charge in [-0.3, -0.25) is 4.79 Å². The van der Waals surface area contributed by atoms with Gasteiger partial charge in [0, 0.05) is 12.6 Å². The fourth-order valence-corrected chi connectivity index (χ4v) is 2.72. The summed E-state index contributed by atoms with van der Waals surface area (Å²) in [5, 5.41) is 9.90. The van der Waals surface area contributed by atoms with E-state index in [1.807, 2.05) is 4.90 Å². The number of aromatic hydroxyl groups is 1. The number of hydrogen-bond acceptors (Lipinski definition) is 4. The first-order chi connectivity index (χ1) is 9.67. The van der Waals surface area contributed by atoms with Gasteiger partial charge in [0.05, 0.1) is 12.7 Å². The van der Waals surface area contributed by atoms with E-state index in [0.29, 0.717) is 17.9 Å². The molecular formula is C15H22N2O3. The van der Waals surface area contributed by atoms with Crippen molar-refractivity contribution in [3.05, 3.63) is 23.8 Å². The predicted molar refractivity (Wildman–Crippen MR) is 77.0 cm³/mol. The molecule has 0 bridgehead atoms. The van der Waals surface area contributed by atoms with Crippen LogP contribution in [0.25, 0.3) is 0 Å². The Morgan fingerprint density at radius 3 is 3.05 bits per heavy atom. The SMILES string of the molecule is COc1ccc(O)c(C(=O)N2CCCC2CCCN)c1. The van der Waals surface area contributed by atoms with E-state index in [-0.39, 0.29) is 17.7 Å². The van der Waals surface area contributed by atoms with E-state index in [2.05, 4.69) is 0 Å². The molecule has 1 aliphatic rings. The Bertz CT molecular complexity index is 476. The van der Waals surface area contributed by atoms with Gasteiger partial charge in [0.15, 0.2) is 0 Å². The maximum absolute atomic E-state index is 12.6. The third-order valence-electron chi connectivity index (χ3n) is 3.81. The second-order valence-electron chi connectivity index (χ2n) is 5.11. The van der Waals surface area contributed by atoms with Crippen molar-refractivity contribution in [3.8, 4) is 11.5 Å². The molecule has 1 aromatic rings. The van der Waals surface area contributed by atoms with Crippen LogP contribution in [0.3, 0.4) is 0 Å². The van der Waals surface area contributed by atoms with Gasteiger partial charge in [-0.05, 0) is 50.4 Å². The van der Waals surface area contributed by atoms with Gasteiger partial charge >= 0.3 is 0 Å². The summed E-state index contributed by atoms with van der Waals surface area (Å²) in [4.78, 5) is 14.4. The Morgan fingerprint density at radius 2 is 2.35 bits per heavy atom. The van der Waals surface area contributed by atoms with Crippen LogP contribution < -0.4 is 10.5 Å². The number of benzene rings is 1. The van der Waals surface area contributed by atoms with Crippen molar-refractivity contribution < 1.29 is 14.6 Å². The number of hydrogen-bond donors (Lipinski definition) is 2. The first-order valence-corrected chi connectivity index (χ1v) is 7.05. The van der Waals surface area contributed by atoms with E-state index in [9.17, 15) is 9.90 Å². The minimum Gasteiger partial charge on any atom is -0.507 e. The molecule has 2 rings (SSSR count). The fourth-order valence-electron chi connectivity index (χ4n) is 2.72. The van der Waals surface area contributed by atoms with Crippen LogP contribution in [0, 0.1) is 0 Å². The molecule has 5 heteroatoms. The van der Waals surface area contributed by atoms with Gasteiger partial charge in [0.2, 0.25) is 0 Å². The van der Waals surface area contributed by atoms with Gasteiger partial charge in [-0.25, -0.2) is 0 Å². The maximum atomic E-state index is 12.6. The third-order valence-corrected chi connectivity index (χ3v) is 3.81. The van der Waals surface area contributed by atoms with Gasteiger partial charge in [-0.1, -0.05) is 0 Å². The maximum Gasteiger partial charge on any atom is 0.257 e. The van der Waals surface area contributed by atoms with Crippen molar-refractivity contribution in [2.45, 2.75) is 31.7 Å². The highest BCUT2D eigenvalue weighted by atomic mass is 16.5. The first kappa shape index (κ1) is 14.7. The van der Waals surface area contributed by atoms with Crippen molar-refractivity contribution in [2.24, 2.45) is 5.73 Å². The lowest BCUT2D eigenvalue weighted by atomic mass is 10.1. The molecule has 0 spiro atoms. The summed E-state index contributed by atoms with van der Waals surface area (Å²) < 4.78 is 5.12. The average molecular weight is 278 g/mol. The zero-order valence-electron chi connectivity index (χ0n) is 11.8. The number of nitrogens with two attached hydrogens (primary N) is 1. The number of methoxy groups -OCH3 is 1. The number of ether oxygens (including phenoxy) is 1. The molecule has 0 radical (unpaired) electrons. The predicted octanol–water partition coefficient (Wildman–Crippen LogP) is 1.74. The van der Waals surface area contributed by atoms with E-state index < -0.39 is 0 Å². The lowest BCUT2D eigenvalue weighted by Crippen LogP contribution is -2.35. The summed E-state index contributed by atoms with van der Waals surface area (Å²) in [5.74, 6) is 0.449. The number of nitrogens with zero attached hydrogens (tertiary/aromatic N) is 1. The molecule has 110 valence electrons. The standard InChI is InChI=1S/C15H22N2O3/c1-20-12-6-7-14(18)13(10-12)15(19)17-9-3-5-11(17)4-2-8-16/h6-7,10-11,18H,2-5,8-9,16H2,1H3. The van der Waals surface area contributed by atoms with Crippen LogP contribution in [-0.2, 0) is 0 Å². The van der Waals surface area contributed by atoms with Crippen molar-refractivity contribution in [3.63, 3.8) is 0 Å². The van der Waals surface area contributed by atoms with Crippen molar-refractivity contribution in [2.75, 3.05) is 20.2 Å². The highest BCUT2D eigenvalue weighted by Gasteiger charge is 2.30. The van der Waals surface area contributed by atoms with Gasteiger partial charge in [-0.15, -0.1) is 0 Å². The Balaban J connectivity index is 2.17. The molecule has 20 heavy (non-hydrogen) atoms. The lowest BCUT2D eigenvalue weighted by molar-refractivity contribution is 0.0726. The molecule has 1 aliphatic heterocycles. The van der Waals surface area contributed by atoms with Gasteiger partial charge in [0.1, 0.15) is 11.5 Å². The molecule has 0 aliphatic carbocycles. The van der Waals surface area contributed by atoms with Crippen LogP contribution in [0.5, 0.6) is 11.5 Å². The summed E-state index contributed by atoms with van der Waals surface area (Å²) >= 11 is 0. The minimum absolute atomic E-state index is 0.000254. The molecule has 5 nitrogen and oxygen atoms in total. The topological polar surface area (TPSA) is 75.8 Å². The first-order valence-electron chi connectivity index (χ1n) is 7.05. The number of phenols is 1. The van der Waals surface area contributed by atoms with E-state index >= 15 is 0 Å². The van der Waals surface area contributed by atoms with E-state index in [1.54, 1.807) is 19.2 Å². The zero-order chi connectivity index (χ0) is 14.5. The minimum atomic E-state index is -0.124. The van der Waals surface area contributed by atoms with E-state index in [0.717, 1.165) is 32.2 Å². The van der Waals surface area contributed by atoms with E-state index in [1.165, 1.54) is 6.07 Å². The second-order valence-corrected chi connectivity index (χ2v) is 5.11. The van der Waals surface area contributed by atoms with Crippen molar-refractivity contribution >= 4 is 5.91 Å². The smallest absolute Gasteiger partial charge is 0.257 e. The third kappa shape index (κ3) is 3.04. The number of likely N-dealkylation sites (tertiary alicyclic amines) is 1. The van der Waals surface area contributed by atoms with Gasteiger partial charge < -0.3 is 20.5 Å². The average Bonchev–Trinajstić information content (AvgIpc) is 2.93. The molecule has 1 heterocycles. The van der Waals surface area contributed by atoms with Crippen molar-refractivity contribution in [1.82, 2.24) is 4.90 Å². The quantitative estimate of drug-likeness (QED) is 0.860. The summed E-state index contributed by atoms with van der Waals surface area (Å²) in [6.45, 7) is 1.38. The molecule has 1 aromatic carbocycles. The Kier molecular flexibility index (Phi) is 4.84. The Hall–Kier alpha value is -1.75. The summed E-state index contributed by atoms with van der Waals surface area (Å²) in [6.07, 6.45) is 3.85. The highest BCUT2D eigenvalue weighted by molar-refractivity contribution is 5.97. The van der Waals surface area contributed by atoms with Crippen LogP contribution >= 0.6 is 0 Å². The lowest BCUT2D eigenvalue weighted by Gasteiger charge is -2.25. The summed E-state index contributed by atoms with van der Waals surface area (Å²) in [7, 11) is 1.54. The van der Waals surface area contributed by atoms with Crippen LogP contribution in [0.1, 0.15) is 36.0 Å². The number of amides is 1. The molecular weight excluding hydrogens is 256 g/mol. The molecule has 1 fully saturated rings. The molecule has 1 saturated heterocycles.